The molecule has 1 saturated heterocycles. The second kappa shape index (κ2) is 6.59. The van der Waals surface area contributed by atoms with Crippen LogP contribution in [0.1, 0.15) is 19.8 Å². The van der Waals surface area contributed by atoms with Gasteiger partial charge < -0.3 is 34.3 Å². The topological polar surface area (TPSA) is 109 Å². The highest BCUT2D eigenvalue weighted by Crippen LogP contribution is 2.76. The average molecular weight is 438 g/mol. The van der Waals surface area contributed by atoms with Crippen LogP contribution in [0, 0.1) is 29.1 Å². The van der Waals surface area contributed by atoms with Gasteiger partial charge in [-0.3, -0.25) is 4.90 Å². The Kier molecular flexibility index (Phi) is 4.67. The first-order chi connectivity index (χ1) is 14.7. The van der Waals surface area contributed by atoms with E-state index in [0.717, 1.165) is 6.29 Å². The van der Waals surface area contributed by atoms with E-state index in [1.54, 1.807) is 14.2 Å². The largest absolute Gasteiger partial charge is 0.386 e. The van der Waals surface area contributed by atoms with Gasteiger partial charge in [0.2, 0.25) is 0 Å². The summed E-state index contributed by atoms with van der Waals surface area (Å²) in [6, 6.07) is -0.684. The van der Waals surface area contributed by atoms with E-state index in [9.17, 15) is 20.1 Å². The molecule has 5 rings (SSSR count). The molecule has 4 aliphatic carbocycles. The molecule has 4 saturated carbocycles. The van der Waals surface area contributed by atoms with Gasteiger partial charge in [0.15, 0.2) is 0 Å². The van der Waals surface area contributed by atoms with Crippen molar-refractivity contribution in [1.82, 2.24) is 4.90 Å². The lowest BCUT2D eigenvalue weighted by molar-refractivity contribution is -0.300. The maximum absolute atomic E-state index is 13.2. The highest BCUT2D eigenvalue weighted by Gasteiger charge is 2.89. The van der Waals surface area contributed by atoms with E-state index < -0.39 is 46.2 Å². The van der Waals surface area contributed by atoms with Gasteiger partial charge in [0, 0.05) is 52.0 Å². The van der Waals surface area contributed by atoms with Crippen LogP contribution in [0.15, 0.2) is 12.7 Å². The number of methoxy groups -OCH3 is 3. The van der Waals surface area contributed by atoms with Gasteiger partial charge >= 0.3 is 0 Å². The summed E-state index contributed by atoms with van der Waals surface area (Å²) < 4.78 is 17.6. The molecule has 5 fully saturated rings. The Hall–Kier alpha value is -0.870. The van der Waals surface area contributed by atoms with Crippen LogP contribution in [0.2, 0.25) is 0 Å². The van der Waals surface area contributed by atoms with E-state index in [2.05, 4.69) is 6.58 Å². The Bertz CT molecular complexity index is 794. The summed E-state index contributed by atoms with van der Waals surface area (Å²) in [5, 5.41) is 36.7. The number of fused-ring (bicyclic) bond motifs is 2. The minimum atomic E-state index is -1.79. The van der Waals surface area contributed by atoms with Crippen molar-refractivity contribution in [2.45, 2.75) is 60.9 Å². The molecule has 0 aromatic carbocycles. The van der Waals surface area contributed by atoms with Crippen LogP contribution in [0.5, 0.6) is 0 Å². The number of aldehydes is 1. The van der Waals surface area contributed by atoms with Crippen LogP contribution in [-0.2, 0) is 19.0 Å². The Morgan fingerprint density at radius 2 is 1.87 bits per heavy atom. The Labute approximate surface area is 183 Å². The minimum Gasteiger partial charge on any atom is -0.386 e. The number of carbonyl (C=O) groups excluding carboxylic acids is 1. The number of piperidine rings is 1. The number of rotatable bonds is 6. The third-order valence-corrected chi connectivity index (χ3v) is 9.93. The van der Waals surface area contributed by atoms with E-state index in [1.165, 1.54) is 13.2 Å². The average Bonchev–Trinajstić information content (AvgIpc) is 3.19. The van der Waals surface area contributed by atoms with E-state index >= 15 is 0 Å². The fourth-order valence-electron chi connectivity index (χ4n) is 9.13. The number of hydrogen-bond acceptors (Lipinski definition) is 8. The standard InChI is InChI=1S/C23H35NO7/c1-6-20(26)10-24(7-2)19-21(11-25)13-8-12-14(29-3)9-22(27,15(13)16(12)30-4)23(19,28)18(31-5)17(20)21/h6,11-19,26-28H,1,7-10H2,2-5H3/t12-,13-,14+,15-,16+,17-,18+,19+,20-,21-,22-,23-/m1/s1. The molecule has 8 nitrogen and oxygen atoms in total. The van der Waals surface area contributed by atoms with Crippen molar-refractivity contribution in [3.05, 3.63) is 12.7 Å². The number of β-amino-alcohol motifs (C(OH)–C–C–N with tert-alkyl or cyclic N) is 1. The predicted molar refractivity (Wildman–Crippen MR) is 110 cm³/mol. The van der Waals surface area contributed by atoms with Crippen LogP contribution < -0.4 is 0 Å². The van der Waals surface area contributed by atoms with E-state index in [4.69, 9.17) is 14.2 Å². The highest BCUT2D eigenvalue weighted by atomic mass is 16.5. The summed E-state index contributed by atoms with van der Waals surface area (Å²) in [7, 11) is 4.70. The lowest BCUT2D eigenvalue weighted by atomic mass is 9.49. The van der Waals surface area contributed by atoms with Gasteiger partial charge in [-0.1, -0.05) is 13.0 Å². The van der Waals surface area contributed by atoms with Gasteiger partial charge in [0.05, 0.1) is 29.8 Å². The molecule has 0 aromatic heterocycles. The molecule has 0 spiro atoms. The van der Waals surface area contributed by atoms with Gasteiger partial charge in [0.25, 0.3) is 0 Å². The van der Waals surface area contributed by atoms with Crippen LogP contribution in [0.4, 0.5) is 0 Å². The second-order valence-corrected chi connectivity index (χ2v) is 10.4. The number of likely N-dealkylation sites (tertiary alicyclic amines) is 1. The molecule has 6 bridgehead atoms. The zero-order valence-electron chi connectivity index (χ0n) is 18.7. The van der Waals surface area contributed by atoms with Crippen LogP contribution >= 0.6 is 0 Å². The Balaban J connectivity index is 1.84. The predicted octanol–water partition coefficient (Wildman–Crippen LogP) is -0.400. The molecule has 5 aliphatic rings. The van der Waals surface area contributed by atoms with Crippen molar-refractivity contribution in [1.29, 1.82) is 0 Å². The van der Waals surface area contributed by atoms with Crippen molar-refractivity contribution < 1.29 is 34.3 Å². The number of carbonyl (C=O) groups is 1. The molecule has 12 atom stereocenters. The molecule has 174 valence electrons. The number of ether oxygens (including phenoxy) is 3. The zero-order valence-corrected chi connectivity index (χ0v) is 18.7. The summed E-state index contributed by atoms with van der Waals surface area (Å²) in [6.07, 6.45) is 1.64. The molecule has 0 radical (unpaired) electrons. The van der Waals surface area contributed by atoms with Crippen molar-refractivity contribution in [2.24, 2.45) is 29.1 Å². The fraction of sp³-hybridized carbons (Fsp3) is 0.870. The Morgan fingerprint density at radius 1 is 1.16 bits per heavy atom. The molecule has 8 heteroatoms. The molecular weight excluding hydrogens is 402 g/mol. The summed E-state index contributed by atoms with van der Waals surface area (Å²) in [5.41, 5.74) is -5.95. The highest BCUT2D eigenvalue weighted by molar-refractivity contribution is 5.69. The minimum absolute atomic E-state index is 0.00123. The smallest absolute Gasteiger partial charge is 0.136 e. The van der Waals surface area contributed by atoms with E-state index in [0.29, 0.717) is 13.0 Å². The number of nitrogens with zero attached hydrogens (tertiary/aromatic N) is 1. The normalized spacial score (nSPS) is 59.6. The van der Waals surface area contributed by atoms with Crippen LogP contribution in [0.25, 0.3) is 0 Å². The monoisotopic (exact) mass is 437 g/mol. The zero-order chi connectivity index (χ0) is 22.6. The molecule has 0 amide bonds. The first-order valence-electron chi connectivity index (χ1n) is 11.3. The van der Waals surface area contributed by atoms with Gasteiger partial charge in [-0.2, -0.15) is 0 Å². The number of likely N-dealkylation sites (N-methyl/N-ethyl adjacent to an activating group) is 1. The quantitative estimate of drug-likeness (QED) is 0.381. The van der Waals surface area contributed by atoms with Crippen molar-refractivity contribution >= 4 is 6.29 Å². The van der Waals surface area contributed by atoms with Gasteiger partial charge in [0.1, 0.15) is 23.1 Å². The molecule has 0 unspecified atom stereocenters. The fourth-order valence-corrected chi connectivity index (χ4v) is 9.13. The third kappa shape index (κ3) is 2.06. The summed E-state index contributed by atoms with van der Waals surface area (Å²) >= 11 is 0. The summed E-state index contributed by atoms with van der Waals surface area (Å²) in [4.78, 5) is 15.1. The van der Waals surface area contributed by atoms with Crippen molar-refractivity contribution in [2.75, 3.05) is 34.4 Å². The van der Waals surface area contributed by atoms with Gasteiger partial charge in [-0.25, -0.2) is 0 Å². The molecule has 0 aromatic rings. The molecule has 3 N–H and O–H groups in total. The van der Waals surface area contributed by atoms with Crippen LogP contribution in [0.3, 0.4) is 0 Å². The third-order valence-electron chi connectivity index (χ3n) is 9.93. The van der Waals surface area contributed by atoms with Crippen LogP contribution in [-0.4, -0.2) is 102 Å². The summed E-state index contributed by atoms with van der Waals surface area (Å²) in [5.74, 6) is -1.48. The molecule has 1 aliphatic heterocycles. The summed E-state index contributed by atoms with van der Waals surface area (Å²) in [6.45, 7) is 6.54. The van der Waals surface area contributed by atoms with Gasteiger partial charge in [-0.15, -0.1) is 6.58 Å². The molecule has 31 heavy (non-hydrogen) atoms. The lowest BCUT2D eigenvalue weighted by Crippen LogP contribution is -2.80. The Morgan fingerprint density at radius 3 is 2.39 bits per heavy atom. The SMILES string of the molecule is C=C[C@@]1(O)CN(CC)[C@H]2[C@]3(C=O)[C@@H]4C[C@H]5[C@H](OC)[C@@H]4[C@](O)(C[C@@H]5OC)[C@@]2(O)[C@@H](OC)[C@@H]31. The van der Waals surface area contributed by atoms with Gasteiger partial charge in [-0.05, 0) is 18.9 Å². The van der Waals surface area contributed by atoms with E-state index in [1.807, 2.05) is 11.8 Å². The molecular formula is C23H35NO7. The van der Waals surface area contributed by atoms with E-state index in [-0.39, 0.29) is 37.0 Å². The maximum Gasteiger partial charge on any atom is 0.136 e. The van der Waals surface area contributed by atoms with Crippen molar-refractivity contribution in [3.8, 4) is 0 Å². The maximum atomic E-state index is 13.2. The van der Waals surface area contributed by atoms with Crippen molar-refractivity contribution in [3.63, 3.8) is 0 Å². The lowest BCUT2D eigenvalue weighted by Gasteiger charge is -2.64. The first-order valence-corrected chi connectivity index (χ1v) is 11.3. The molecule has 1 heterocycles. The number of aliphatic hydroxyl groups is 3. The first kappa shape index (κ1) is 21.9. The number of hydrogen-bond donors (Lipinski definition) is 3. The second-order valence-electron chi connectivity index (χ2n) is 10.4.